The fourth-order valence-electron chi connectivity index (χ4n) is 0.994. The van der Waals surface area contributed by atoms with E-state index in [1.165, 1.54) is 0 Å². The molecular formula is C11H13Cl2N2+. The molecular weight excluding hydrogens is 231 g/mol. The minimum Gasteiger partial charge on any atom is -0.270 e. The summed E-state index contributed by atoms with van der Waals surface area (Å²) in [5.74, 6) is 0. The minimum atomic E-state index is 0.561. The van der Waals surface area contributed by atoms with Gasteiger partial charge in [0.25, 0.3) is 6.34 Å². The molecule has 1 rings (SSSR count). The molecule has 15 heavy (non-hydrogen) atoms. The molecule has 0 fully saturated rings. The Kier molecular flexibility index (Phi) is 4.79. The first-order chi connectivity index (χ1) is 7.08. The largest absolute Gasteiger partial charge is 0.282 e. The van der Waals surface area contributed by atoms with Gasteiger partial charge in [0.2, 0.25) is 5.17 Å². The summed E-state index contributed by atoms with van der Waals surface area (Å²) in [5.41, 5.74) is 1.10. The zero-order valence-electron chi connectivity index (χ0n) is 8.74. The molecule has 0 radical (unpaired) electrons. The number of nitrogens with zero attached hydrogens (tertiary/aromatic N) is 2. The van der Waals surface area contributed by atoms with Crippen molar-refractivity contribution >= 4 is 34.7 Å². The highest BCUT2D eigenvalue weighted by Crippen LogP contribution is 2.10. The SMILES string of the molecule is C[N+](C)=CN=C(Cl)Cc1ccc(Cl)cc1. The summed E-state index contributed by atoms with van der Waals surface area (Å²) in [6.45, 7) is 0. The molecule has 0 N–H and O–H groups in total. The Bertz CT molecular complexity index is 376. The lowest BCUT2D eigenvalue weighted by molar-refractivity contribution is -0.460. The van der Waals surface area contributed by atoms with Crippen LogP contribution < -0.4 is 0 Å². The third-order valence-corrected chi connectivity index (χ3v) is 2.18. The lowest BCUT2D eigenvalue weighted by atomic mass is 10.2. The van der Waals surface area contributed by atoms with Crippen LogP contribution in [-0.2, 0) is 6.42 Å². The van der Waals surface area contributed by atoms with Gasteiger partial charge in [-0.1, -0.05) is 23.7 Å². The molecule has 4 heteroatoms. The van der Waals surface area contributed by atoms with E-state index in [2.05, 4.69) is 4.99 Å². The predicted molar refractivity (Wildman–Crippen MR) is 66.6 cm³/mol. The molecule has 1 aromatic rings. The van der Waals surface area contributed by atoms with Crippen LogP contribution in [0.4, 0.5) is 0 Å². The van der Waals surface area contributed by atoms with Gasteiger partial charge < -0.3 is 0 Å². The number of rotatable bonds is 3. The van der Waals surface area contributed by atoms with Gasteiger partial charge in [-0.3, -0.25) is 4.58 Å². The van der Waals surface area contributed by atoms with Crippen LogP contribution in [0.15, 0.2) is 29.3 Å². The molecule has 0 unspecified atom stereocenters. The standard InChI is InChI=1S/C11H13Cl2N2/c1-15(2)8-14-11(13)7-9-3-5-10(12)6-4-9/h3-6,8H,7H2,1-2H3/q+1. The lowest BCUT2D eigenvalue weighted by Crippen LogP contribution is -2.00. The maximum Gasteiger partial charge on any atom is 0.282 e. The van der Waals surface area contributed by atoms with E-state index < -0.39 is 0 Å². The number of benzene rings is 1. The summed E-state index contributed by atoms with van der Waals surface area (Å²) < 4.78 is 1.84. The first kappa shape index (κ1) is 12.2. The summed E-state index contributed by atoms with van der Waals surface area (Å²) >= 11 is 11.7. The van der Waals surface area contributed by atoms with Gasteiger partial charge in [0.1, 0.15) is 0 Å². The second-order valence-electron chi connectivity index (χ2n) is 3.39. The Labute approximate surface area is 99.9 Å². The molecule has 0 aliphatic carbocycles. The number of hydrogen-bond donors (Lipinski definition) is 0. The molecule has 0 spiro atoms. The van der Waals surface area contributed by atoms with Gasteiger partial charge in [0.15, 0.2) is 0 Å². The third-order valence-electron chi connectivity index (χ3n) is 1.69. The van der Waals surface area contributed by atoms with Crippen molar-refractivity contribution in [2.75, 3.05) is 14.1 Å². The van der Waals surface area contributed by atoms with Crippen LogP contribution in [-0.4, -0.2) is 30.2 Å². The smallest absolute Gasteiger partial charge is 0.270 e. The van der Waals surface area contributed by atoms with Crippen LogP contribution in [0.25, 0.3) is 0 Å². The van der Waals surface area contributed by atoms with Crippen molar-refractivity contribution in [1.29, 1.82) is 0 Å². The molecule has 0 atom stereocenters. The highest BCUT2D eigenvalue weighted by atomic mass is 35.5. The normalized spacial score (nSPS) is 11.3. The molecule has 80 valence electrons. The van der Waals surface area contributed by atoms with Crippen LogP contribution >= 0.6 is 23.2 Å². The molecule has 1 aromatic carbocycles. The lowest BCUT2D eigenvalue weighted by Gasteiger charge is -1.95. The van der Waals surface area contributed by atoms with E-state index in [1.807, 2.05) is 42.9 Å². The van der Waals surface area contributed by atoms with E-state index in [1.54, 1.807) is 6.34 Å². The molecule has 0 amide bonds. The van der Waals surface area contributed by atoms with Crippen LogP contribution in [0.3, 0.4) is 0 Å². The van der Waals surface area contributed by atoms with Crippen LogP contribution in [0.1, 0.15) is 5.56 Å². The van der Waals surface area contributed by atoms with Crippen molar-refractivity contribution in [3.63, 3.8) is 0 Å². The number of hydrogen-bond acceptors (Lipinski definition) is 0. The second-order valence-corrected chi connectivity index (χ2v) is 4.26. The Morgan fingerprint density at radius 2 is 1.93 bits per heavy atom. The molecule has 0 saturated carbocycles. The van der Waals surface area contributed by atoms with Crippen molar-refractivity contribution in [3.8, 4) is 0 Å². The van der Waals surface area contributed by atoms with Gasteiger partial charge in [0, 0.05) is 5.02 Å². The van der Waals surface area contributed by atoms with Gasteiger partial charge in [-0.25, -0.2) is 0 Å². The van der Waals surface area contributed by atoms with Crippen LogP contribution in [0, 0.1) is 0 Å². The van der Waals surface area contributed by atoms with E-state index in [9.17, 15) is 0 Å². The predicted octanol–water partition coefficient (Wildman–Crippen LogP) is 2.82. The summed E-state index contributed by atoms with van der Waals surface area (Å²) in [6.07, 6.45) is 2.31. The highest BCUT2D eigenvalue weighted by molar-refractivity contribution is 6.66. The first-order valence-corrected chi connectivity index (χ1v) is 5.30. The monoisotopic (exact) mass is 243 g/mol. The molecule has 0 aliphatic rings. The molecule has 0 saturated heterocycles. The van der Waals surface area contributed by atoms with E-state index in [0.717, 1.165) is 10.6 Å². The van der Waals surface area contributed by atoms with Gasteiger partial charge in [-0.2, -0.15) is 0 Å². The third kappa shape index (κ3) is 4.96. The Morgan fingerprint density at radius 1 is 1.33 bits per heavy atom. The van der Waals surface area contributed by atoms with Crippen molar-refractivity contribution in [1.82, 2.24) is 0 Å². The van der Waals surface area contributed by atoms with Crippen molar-refractivity contribution in [3.05, 3.63) is 34.9 Å². The van der Waals surface area contributed by atoms with E-state index in [4.69, 9.17) is 23.2 Å². The zero-order valence-corrected chi connectivity index (χ0v) is 10.3. The van der Waals surface area contributed by atoms with Gasteiger partial charge in [0.05, 0.1) is 20.5 Å². The Morgan fingerprint density at radius 3 is 2.47 bits per heavy atom. The van der Waals surface area contributed by atoms with Gasteiger partial charge in [-0.15, -0.1) is 0 Å². The van der Waals surface area contributed by atoms with Crippen LogP contribution in [0.2, 0.25) is 5.02 Å². The molecule has 0 aliphatic heterocycles. The summed E-state index contributed by atoms with van der Waals surface area (Å²) in [4.78, 5) is 4.09. The van der Waals surface area contributed by atoms with Crippen LogP contribution in [0.5, 0.6) is 0 Å². The molecule has 2 nitrogen and oxygen atoms in total. The Balaban J connectivity index is 2.66. The van der Waals surface area contributed by atoms with Crippen molar-refractivity contribution < 1.29 is 4.58 Å². The van der Waals surface area contributed by atoms with E-state index in [0.29, 0.717) is 11.6 Å². The van der Waals surface area contributed by atoms with Crippen molar-refractivity contribution in [2.24, 2.45) is 4.99 Å². The zero-order chi connectivity index (χ0) is 11.3. The van der Waals surface area contributed by atoms with E-state index in [-0.39, 0.29) is 0 Å². The minimum absolute atomic E-state index is 0.561. The Hall–Kier alpha value is -0.860. The average Bonchev–Trinajstić information content (AvgIpc) is 2.19. The summed E-state index contributed by atoms with van der Waals surface area (Å²) in [5, 5.41) is 1.29. The van der Waals surface area contributed by atoms with E-state index >= 15 is 0 Å². The van der Waals surface area contributed by atoms with Crippen molar-refractivity contribution in [2.45, 2.75) is 6.42 Å². The molecule has 0 aromatic heterocycles. The summed E-state index contributed by atoms with van der Waals surface area (Å²) in [6, 6.07) is 7.57. The topological polar surface area (TPSA) is 15.4 Å². The van der Waals surface area contributed by atoms with Gasteiger partial charge in [-0.05, 0) is 34.3 Å². The average molecular weight is 244 g/mol. The van der Waals surface area contributed by atoms with Gasteiger partial charge >= 0.3 is 0 Å². The fourth-order valence-corrected chi connectivity index (χ4v) is 1.32. The molecule has 0 heterocycles. The fraction of sp³-hybridized carbons (Fsp3) is 0.273. The first-order valence-electron chi connectivity index (χ1n) is 4.54. The maximum absolute atomic E-state index is 5.96. The number of halogens is 2. The molecule has 0 bridgehead atoms. The highest BCUT2D eigenvalue weighted by Gasteiger charge is 2.02. The maximum atomic E-state index is 5.96. The quantitative estimate of drug-likeness (QED) is 0.441. The second kappa shape index (κ2) is 5.89. The summed E-state index contributed by atoms with van der Waals surface area (Å²) in [7, 11) is 3.80. The number of aliphatic imine (C=N–C) groups is 1.